The standard InChI is InChI=1S/C17H24F4N6O3S/c1-15(2,3)30-14(28)25-13-26-16(4,12-10(18)6-7-11(22)24-12)9-31(29,23-5)27(13)8-17(19,20)21/h6-7H,8-9H2,1-5H3,(H2,22,24)(H,25,26,28). The molecule has 0 radical (unpaired) electrons. The van der Waals surface area contributed by atoms with Crippen LogP contribution in [0.3, 0.4) is 0 Å². The van der Waals surface area contributed by atoms with Crippen LogP contribution in [0.4, 0.5) is 28.2 Å². The Hall–Kier alpha value is -2.64. The maximum absolute atomic E-state index is 14.5. The number of nitrogens with two attached hydrogens (primary N) is 1. The summed E-state index contributed by atoms with van der Waals surface area (Å²) in [6.07, 6.45) is -5.94. The van der Waals surface area contributed by atoms with Gasteiger partial charge in [0.05, 0.1) is 5.75 Å². The molecule has 0 fully saturated rings. The molecule has 0 spiro atoms. The number of hydrogen-bond acceptors (Lipinski definition) is 7. The topological polar surface area (TPSA) is 122 Å². The number of nitrogens with one attached hydrogen (secondary N) is 1. The molecule has 1 amide bonds. The maximum Gasteiger partial charge on any atom is 0.414 e. The van der Waals surface area contributed by atoms with Crippen molar-refractivity contribution in [3.63, 3.8) is 0 Å². The largest absolute Gasteiger partial charge is 0.444 e. The van der Waals surface area contributed by atoms with Crippen LogP contribution in [0.2, 0.25) is 0 Å². The number of pyridine rings is 1. The average Bonchev–Trinajstić information content (AvgIpc) is 2.57. The molecular formula is C17H24F4N6O3S. The van der Waals surface area contributed by atoms with Crippen molar-refractivity contribution in [2.75, 3.05) is 25.1 Å². The third-order valence-electron chi connectivity index (χ3n) is 4.00. The van der Waals surface area contributed by atoms with Crippen LogP contribution in [0.25, 0.3) is 0 Å². The Morgan fingerprint density at radius 3 is 2.52 bits per heavy atom. The molecule has 0 bridgehead atoms. The molecule has 0 aliphatic carbocycles. The monoisotopic (exact) mass is 468 g/mol. The fourth-order valence-electron chi connectivity index (χ4n) is 2.84. The summed E-state index contributed by atoms with van der Waals surface area (Å²) >= 11 is 0. The Morgan fingerprint density at radius 2 is 2.00 bits per heavy atom. The van der Waals surface area contributed by atoms with Crippen molar-refractivity contribution in [2.45, 2.75) is 45.0 Å². The van der Waals surface area contributed by atoms with E-state index < -0.39 is 57.4 Å². The molecule has 14 heteroatoms. The number of hydrogen-bond donors (Lipinski definition) is 2. The lowest BCUT2D eigenvalue weighted by Gasteiger charge is -2.39. The van der Waals surface area contributed by atoms with Gasteiger partial charge in [0, 0.05) is 7.05 Å². The van der Waals surface area contributed by atoms with Gasteiger partial charge in [-0.15, -0.1) is 0 Å². The second-order valence-electron chi connectivity index (χ2n) is 7.99. The van der Waals surface area contributed by atoms with E-state index in [0.717, 1.165) is 13.1 Å². The summed E-state index contributed by atoms with van der Waals surface area (Å²) < 4.78 is 76.7. The van der Waals surface area contributed by atoms with Crippen molar-refractivity contribution < 1.29 is 31.3 Å². The Kier molecular flexibility index (Phi) is 6.46. The number of aliphatic imine (C=N–C) groups is 1. The second kappa shape index (κ2) is 8.13. The molecule has 0 saturated heterocycles. The normalized spacial score (nSPS) is 24.4. The summed E-state index contributed by atoms with van der Waals surface area (Å²) in [6.45, 7) is 4.22. The number of ether oxygens (including phenoxy) is 1. The molecule has 1 aliphatic rings. The zero-order valence-corrected chi connectivity index (χ0v) is 18.4. The number of carbonyl (C=O) groups excluding carboxylic acids is 1. The molecule has 0 aromatic carbocycles. The highest BCUT2D eigenvalue weighted by atomic mass is 32.2. The zero-order chi connectivity index (χ0) is 23.8. The summed E-state index contributed by atoms with van der Waals surface area (Å²) in [5.74, 6) is -2.30. The summed E-state index contributed by atoms with van der Waals surface area (Å²) in [5, 5.41) is 2.09. The van der Waals surface area contributed by atoms with E-state index in [4.69, 9.17) is 10.5 Å². The van der Waals surface area contributed by atoms with Crippen molar-refractivity contribution in [2.24, 2.45) is 9.36 Å². The number of halogens is 4. The fraction of sp³-hybridized carbons (Fsp3) is 0.588. The van der Waals surface area contributed by atoms with E-state index >= 15 is 0 Å². The molecule has 1 aromatic heterocycles. The van der Waals surface area contributed by atoms with E-state index in [1.165, 1.54) is 13.0 Å². The van der Waals surface area contributed by atoms with Gasteiger partial charge in [-0.05, 0) is 39.8 Å². The third-order valence-corrected chi connectivity index (χ3v) is 6.50. The molecule has 1 aliphatic heterocycles. The highest BCUT2D eigenvalue weighted by molar-refractivity contribution is 7.92. The maximum atomic E-state index is 14.5. The van der Waals surface area contributed by atoms with Crippen molar-refractivity contribution in [1.29, 1.82) is 0 Å². The molecule has 1 aromatic rings. The predicted octanol–water partition coefficient (Wildman–Crippen LogP) is 2.79. The van der Waals surface area contributed by atoms with Gasteiger partial charge in [0.25, 0.3) is 0 Å². The van der Waals surface area contributed by atoms with Crippen molar-refractivity contribution in [1.82, 2.24) is 14.6 Å². The van der Waals surface area contributed by atoms with Gasteiger partial charge in [-0.2, -0.15) is 13.2 Å². The minimum Gasteiger partial charge on any atom is -0.444 e. The molecule has 2 atom stereocenters. The number of guanidine groups is 1. The van der Waals surface area contributed by atoms with Gasteiger partial charge in [-0.3, -0.25) is 5.32 Å². The number of nitrogens with zero attached hydrogens (tertiary/aromatic N) is 4. The average molecular weight is 468 g/mol. The molecule has 174 valence electrons. The van der Waals surface area contributed by atoms with E-state index in [1.807, 2.05) is 0 Å². The van der Waals surface area contributed by atoms with Gasteiger partial charge in [-0.1, -0.05) is 0 Å². The lowest BCUT2D eigenvalue weighted by Crippen LogP contribution is -2.57. The van der Waals surface area contributed by atoms with E-state index in [9.17, 15) is 26.6 Å². The smallest absolute Gasteiger partial charge is 0.414 e. The van der Waals surface area contributed by atoms with Crippen LogP contribution in [0, 0.1) is 5.82 Å². The zero-order valence-electron chi connectivity index (χ0n) is 17.6. The molecule has 2 unspecified atom stereocenters. The molecule has 31 heavy (non-hydrogen) atoms. The van der Waals surface area contributed by atoms with Crippen LogP contribution in [0.15, 0.2) is 21.5 Å². The number of carbonyl (C=O) groups is 1. The van der Waals surface area contributed by atoms with Crippen molar-refractivity contribution >= 4 is 27.8 Å². The van der Waals surface area contributed by atoms with Crippen molar-refractivity contribution in [3.8, 4) is 0 Å². The number of rotatable bonds is 2. The lowest BCUT2D eigenvalue weighted by atomic mass is 10.00. The number of amides is 1. The molecule has 9 nitrogen and oxygen atoms in total. The lowest BCUT2D eigenvalue weighted by molar-refractivity contribution is -0.131. The Morgan fingerprint density at radius 1 is 1.39 bits per heavy atom. The number of nitrogen functional groups attached to an aromatic ring is 1. The van der Waals surface area contributed by atoms with Crippen LogP contribution in [0.5, 0.6) is 0 Å². The minimum atomic E-state index is -4.81. The van der Waals surface area contributed by atoms with E-state index in [2.05, 4.69) is 19.7 Å². The first-order chi connectivity index (χ1) is 14.0. The number of aromatic nitrogens is 1. The highest BCUT2D eigenvalue weighted by Crippen LogP contribution is 2.35. The Balaban J connectivity index is 2.67. The van der Waals surface area contributed by atoms with Gasteiger partial charge < -0.3 is 10.5 Å². The van der Waals surface area contributed by atoms with E-state index in [0.29, 0.717) is 4.31 Å². The summed E-state index contributed by atoms with van der Waals surface area (Å²) in [4.78, 5) is 20.2. The number of alkyl carbamates (subject to hydrolysis) is 1. The van der Waals surface area contributed by atoms with Crippen LogP contribution < -0.4 is 11.1 Å². The minimum absolute atomic E-state index is 0.0767. The number of anilines is 1. The third kappa shape index (κ3) is 5.95. The van der Waals surface area contributed by atoms with Crippen LogP contribution >= 0.6 is 0 Å². The van der Waals surface area contributed by atoms with Gasteiger partial charge in [0.2, 0.25) is 5.96 Å². The van der Waals surface area contributed by atoms with Crippen molar-refractivity contribution in [3.05, 3.63) is 23.6 Å². The Labute approximate surface area is 177 Å². The highest BCUT2D eigenvalue weighted by Gasteiger charge is 2.47. The van der Waals surface area contributed by atoms with E-state index in [1.54, 1.807) is 20.8 Å². The molecule has 3 N–H and O–H groups in total. The van der Waals surface area contributed by atoms with Gasteiger partial charge in [-0.25, -0.2) is 32.0 Å². The molecular weight excluding hydrogens is 444 g/mol. The quantitative estimate of drug-likeness (QED) is 0.647. The van der Waals surface area contributed by atoms with Gasteiger partial charge in [0.1, 0.15) is 44.9 Å². The SMILES string of the molecule is CN=S1(=O)CC(C)(c2nc(N)ccc2F)N=C(NC(=O)OC(C)(C)C)N1CC(F)(F)F. The summed E-state index contributed by atoms with van der Waals surface area (Å²) in [7, 11) is -2.77. The predicted molar refractivity (Wildman–Crippen MR) is 107 cm³/mol. The molecule has 2 heterocycles. The van der Waals surface area contributed by atoms with Crippen LogP contribution in [-0.2, 0) is 20.2 Å². The first-order valence-corrected chi connectivity index (χ1v) is 10.6. The Bertz CT molecular complexity index is 1010. The van der Waals surface area contributed by atoms with E-state index in [-0.39, 0.29) is 11.5 Å². The first-order valence-electron chi connectivity index (χ1n) is 8.98. The van der Waals surface area contributed by atoms with Gasteiger partial charge in [0.15, 0.2) is 0 Å². The first kappa shape index (κ1) is 24.6. The summed E-state index contributed by atoms with van der Waals surface area (Å²) in [5.41, 5.74) is 2.55. The molecule has 2 rings (SSSR count). The molecule has 0 saturated carbocycles. The number of alkyl halides is 3. The fourth-order valence-corrected chi connectivity index (χ4v) is 4.96. The van der Waals surface area contributed by atoms with Crippen LogP contribution in [0.1, 0.15) is 33.4 Å². The van der Waals surface area contributed by atoms with Crippen LogP contribution in [-0.4, -0.2) is 56.7 Å². The van der Waals surface area contributed by atoms with Gasteiger partial charge >= 0.3 is 12.3 Å². The summed E-state index contributed by atoms with van der Waals surface area (Å²) in [6, 6.07) is 2.19. The second-order valence-corrected chi connectivity index (χ2v) is 10.3.